The zero-order valence-corrected chi connectivity index (χ0v) is 23.0. The molecule has 0 aliphatic rings. The van der Waals surface area contributed by atoms with Crippen LogP contribution in [0.5, 0.6) is 0 Å². The molecule has 0 aromatic rings. The number of carbonyl (C=O) groups excluding carboxylic acids is 2. The molecule has 206 valence electrons. The number of unbranched alkanes of at least 4 members (excludes halogenated alkanes) is 16. The molecule has 0 heterocycles. The Morgan fingerprint density at radius 3 is 1.40 bits per heavy atom. The standard InChI is InChI=1S/C29H56N2O4/c1-3-5-7-9-11-13-15-17-19-23-27(32)30-25-21-22-26(29(34)35)31-28(33)24-20-18-16-14-12-10-8-6-4-2/h26H,3-25H2,1-2H3,(H,30,32)(H,31,33)(H,34,35)/t26-/m0/s1. The second-order valence-electron chi connectivity index (χ2n) is 10.1. The summed E-state index contributed by atoms with van der Waals surface area (Å²) in [6.45, 7) is 4.90. The average Bonchev–Trinajstić information content (AvgIpc) is 2.83. The molecule has 6 nitrogen and oxygen atoms in total. The van der Waals surface area contributed by atoms with E-state index < -0.39 is 12.0 Å². The van der Waals surface area contributed by atoms with Crippen LogP contribution < -0.4 is 10.6 Å². The highest BCUT2D eigenvalue weighted by Gasteiger charge is 2.19. The van der Waals surface area contributed by atoms with Gasteiger partial charge in [0, 0.05) is 19.4 Å². The quantitative estimate of drug-likeness (QED) is 0.110. The highest BCUT2D eigenvalue weighted by molar-refractivity contribution is 5.83. The van der Waals surface area contributed by atoms with E-state index in [1.165, 1.54) is 83.5 Å². The minimum atomic E-state index is -1.01. The van der Waals surface area contributed by atoms with Gasteiger partial charge in [-0.05, 0) is 25.7 Å². The van der Waals surface area contributed by atoms with Crippen LogP contribution in [0.3, 0.4) is 0 Å². The molecule has 0 saturated heterocycles. The van der Waals surface area contributed by atoms with E-state index in [1.807, 2.05) is 0 Å². The van der Waals surface area contributed by atoms with Gasteiger partial charge in [0.25, 0.3) is 0 Å². The average molecular weight is 497 g/mol. The van der Waals surface area contributed by atoms with Crippen molar-refractivity contribution in [3.63, 3.8) is 0 Å². The lowest BCUT2D eigenvalue weighted by Crippen LogP contribution is -2.41. The van der Waals surface area contributed by atoms with Crippen LogP contribution in [0.25, 0.3) is 0 Å². The van der Waals surface area contributed by atoms with Crippen molar-refractivity contribution >= 4 is 17.8 Å². The molecule has 0 aliphatic heterocycles. The van der Waals surface area contributed by atoms with Crippen LogP contribution in [0, 0.1) is 0 Å². The maximum absolute atomic E-state index is 12.1. The smallest absolute Gasteiger partial charge is 0.326 e. The van der Waals surface area contributed by atoms with Crippen molar-refractivity contribution in [1.29, 1.82) is 0 Å². The van der Waals surface area contributed by atoms with Gasteiger partial charge in [-0.3, -0.25) is 9.59 Å². The summed E-state index contributed by atoms with van der Waals surface area (Å²) < 4.78 is 0. The molecule has 2 amide bonds. The van der Waals surface area contributed by atoms with Gasteiger partial charge in [-0.1, -0.05) is 117 Å². The van der Waals surface area contributed by atoms with E-state index in [0.717, 1.165) is 32.1 Å². The molecular formula is C29H56N2O4. The zero-order chi connectivity index (χ0) is 26.0. The van der Waals surface area contributed by atoms with Crippen molar-refractivity contribution in [2.75, 3.05) is 6.54 Å². The van der Waals surface area contributed by atoms with Crippen LogP contribution in [0.15, 0.2) is 0 Å². The molecule has 0 spiro atoms. The van der Waals surface area contributed by atoms with Gasteiger partial charge in [-0.25, -0.2) is 4.79 Å². The summed E-state index contributed by atoms with van der Waals surface area (Å²) in [7, 11) is 0. The maximum Gasteiger partial charge on any atom is 0.326 e. The van der Waals surface area contributed by atoms with Crippen LogP contribution in [0.1, 0.15) is 155 Å². The third-order valence-electron chi connectivity index (χ3n) is 6.64. The van der Waals surface area contributed by atoms with Gasteiger partial charge in [-0.15, -0.1) is 0 Å². The Morgan fingerprint density at radius 2 is 0.971 bits per heavy atom. The molecule has 0 radical (unpaired) electrons. The van der Waals surface area contributed by atoms with Gasteiger partial charge >= 0.3 is 5.97 Å². The zero-order valence-electron chi connectivity index (χ0n) is 23.0. The molecule has 0 bridgehead atoms. The highest BCUT2D eigenvalue weighted by Crippen LogP contribution is 2.12. The number of nitrogens with one attached hydrogen (secondary N) is 2. The van der Waals surface area contributed by atoms with E-state index >= 15 is 0 Å². The lowest BCUT2D eigenvalue weighted by molar-refractivity contribution is -0.142. The Hall–Kier alpha value is -1.59. The SMILES string of the molecule is CCCCCCCCCCCC(=O)NCCC[C@H](NC(=O)CCCCCCCCCCC)C(=O)O. The Morgan fingerprint density at radius 1 is 0.571 bits per heavy atom. The largest absolute Gasteiger partial charge is 0.480 e. The first-order valence-electron chi connectivity index (χ1n) is 14.8. The first-order chi connectivity index (χ1) is 17.0. The van der Waals surface area contributed by atoms with Crippen LogP contribution >= 0.6 is 0 Å². The van der Waals surface area contributed by atoms with Crippen molar-refractivity contribution < 1.29 is 19.5 Å². The van der Waals surface area contributed by atoms with E-state index in [4.69, 9.17) is 0 Å². The van der Waals surface area contributed by atoms with Crippen molar-refractivity contribution in [2.45, 2.75) is 161 Å². The van der Waals surface area contributed by atoms with E-state index in [0.29, 0.717) is 32.2 Å². The van der Waals surface area contributed by atoms with Gasteiger partial charge in [0.1, 0.15) is 6.04 Å². The Labute approximate surface area is 215 Å². The van der Waals surface area contributed by atoms with E-state index in [9.17, 15) is 19.5 Å². The third-order valence-corrected chi connectivity index (χ3v) is 6.64. The fourth-order valence-electron chi connectivity index (χ4n) is 4.34. The van der Waals surface area contributed by atoms with Gasteiger partial charge < -0.3 is 15.7 Å². The number of rotatable bonds is 26. The summed E-state index contributed by atoms with van der Waals surface area (Å²) in [6.07, 6.45) is 23.5. The fourth-order valence-corrected chi connectivity index (χ4v) is 4.34. The second-order valence-corrected chi connectivity index (χ2v) is 10.1. The normalized spacial score (nSPS) is 11.8. The van der Waals surface area contributed by atoms with Gasteiger partial charge in [0.05, 0.1) is 0 Å². The number of aliphatic carboxylic acids is 1. The molecule has 0 unspecified atom stereocenters. The first kappa shape index (κ1) is 33.4. The molecule has 0 rings (SSSR count). The topological polar surface area (TPSA) is 95.5 Å². The molecule has 3 N–H and O–H groups in total. The summed E-state index contributed by atoms with van der Waals surface area (Å²) in [4.78, 5) is 35.6. The van der Waals surface area contributed by atoms with E-state index in [1.54, 1.807) is 0 Å². The van der Waals surface area contributed by atoms with Crippen LogP contribution in [-0.4, -0.2) is 35.5 Å². The predicted octanol–water partition coefficient (Wildman–Crippen LogP) is 7.29. The van der Waals surface area contributed by atoms with E-state index in [2.05, 4.69) is 24.5 Å². The number of carboxylic acid groups (broad SMARTS) is 1. The number of hydrogen-bond acceptors (Lipinski definition) is 3. The molecule has 0 aliphatic carbocycles. The van der Waals surface area contributed by atoms with Crippen molar-refractivity contribution in [2.24, 2.45) is 0 Å². The monoisotopic (exact) mass is 496 g/mol. The summed E-state index contributed by atoms with van der Waals surface area (Å²) in [5.74, 6) is -1.16. The van der Waals surface area contributed by atoms with Crippen molar-refractivity contribution in [3.8, 4) is 0 Å². The molecular weight excluding hydrogens is 440 g/mol. The highest BCUT2D eigenvalue weighted by atomic mass is 16.4. The molecule has 0 fully saturated rings. The number of hydrogen-bond donors (Lipinski definition) is 3. The second kappa shape index (κ2) is 25.5. The molecule has 35 heavy (non-hydrogen) atoms. The summed E-state index contributed by atoms with van der Waals surface area (Å²) >= 11 is 0. The fraction of sp³-hybridized carbons (Fsp3) is 0.897. The number of carbonyl (C=O) groups is 3. The first-order valence-corrected chi connectivity index (χ1v) is 14.8. The van der Waals surface area contributed by atoms with Crippen molar-refractivity contribution in [3.05, 3.63) is 0 Å². The maximum atomic E-state index is 12.1. The third kappa shape index (κ3) is 23.9. The Balaban J connectivity index is 3.72. The van der Waals surface area contributed by atoms with E-state index in [-0.39, 0.29) is 11.8 Å². The van der Waals surface area contributed by atoms with Crippen LogP contribution in [0.4, 0.5) is 0 Å². The number of amides is 2. The van der Waals surface area contributed by atoms with Gasteiger partial charge in [0.15, 0.2) is 0 Å². The van der Waals surface area contributed by atoms with Crippen molar-refractivity contribution in [1.82, 2.24) is 10.6 Å². The van der Waals surface area contributed by atoms with Crippen LogP contribution in [-0.2, 0) is 14.4 Å². The Kier molecular flexibility index (Phi) is 24.3. The molecule has 6 heteroatoms. The summed E-state index contributed by atoms with van der Waals surface area (Å²) in [5, 5.41) is 14.9. The Bertz CT molecular complexity index is 525. The number of carboxylic acids is 1. The molecule has 0 aromatic carbocycles. The van der Waals surface area contributed by atoms with Crippen LogP contribution in [0.2, 0.25) is 0 Å². The molecule has 1 atom stereocenters. The lowest BCUT2D eigenvalue weighted by atomic mass is 10.1. The predicted molar refractivity (Wildman–Crippen MR) is 145 cm³/mol. The summed E-state index contributed by atoms with van der Waals surface area (Å²) in [5.41, 5.74) is 0. The van der Waals surface area contributed by atoms with Gasteiger partial charge in [-0.2, -0.15) is 0 Å². The minimum Gasteiger partial charge on any atom is -0.480 e. The lowest BCUT2D eigenvalue weighted by Gasteiger charge is -2.15. The van der Waals surface area contributed by atoms with Gasteiger partial charge in [0.2, 0.25) is 11.8 Å². The molecule has 0 saturated carbocycles. The molecule has 0 aromatic heterocycles. The minimum absolute atomic E-state index is 0.0363. The summed E-state index contributed by atoms with van der Waals surface area (Å²) in [6, 6.07) is -0.879.